The van der Waals surface area contributed by atoms with Crippen LogP contribution in [0.5, 0.6) is 0 Å². The molecule has 0 heterocycles. The number of fused-ring (bicyclic) bond motifs is 2. The van der Waals surface area contributed by atoms with Crippen LogP contribution in [-0.4, -0.2) is 11.9 Å². The fourth-order valence-electron chi connectivity index (χ4n) is 4.21. The SMILES string of the molecule is CCc1cc(Br)ccc1NC(=O)C1CC2CCCC(C1)C2N. The smallest absolute Gasteiger partial charge is 0.227 e. The highest BCUT2D eigenvalue weighted by Crippen LogP contribution is 2.42. The van der Waals surface area contributed by atoms with E-state index >= 15 is 0 Å². The molecule has 0 radical (unpaired) electrons. The van der Waals surface area contributed by atoms with Gasteiger partial charge in [0.2, 0.25) is 5.91 Å². The quantitative estimate of drug-likeness (QED) is 0.847. The molecule has 3 nitrogen and oxygen atoms in total. The van der Waals surface area contributed by atoms with E-state index in [4.69, 9.17) is 5.73 Å². The molecule has 1 amide bonds. The minimum atomic E-state index is 0.128. The van der Waals surface area contributed by atoms with Crippen LogP contribution in [-0.2, 0) is 11.2 Å². The molecular weight excluding hydrogens is 340 g/mol. The van der Waals surface area contributed by atoms with E-state index in [9.17, 15) is 4.79 Å². The van der Waals surface area contributed by atoms with Gasteiger partial charge < -0.3 is 11.1 Å². The summed E-state index contributed by atoms with van der Waals surface area (Å²) in [5, 5.41) is 3.16. The normalized spacial score (nSPS) is 30.9. The number of carbonyl (C=O) groups is 1. The van der Waals surface area contributed by atoms with Crippen molar-refractivity contribution in [2.45, 2.75) is 51.5 Å². The van der Waals surface area contributed by atoms with E-state index in [1.165, 1.54) is 24.8 Å². The first-order valence-corrected chi connectivity index (χ1v) is 9.22. The van der Waals surface area contributed by atoms with Gasteiger partial charge in [0, 0.05) is 22.1 Å². The lowest BCUT2D eigenvalue weighted by atomic mass is 9.65. The lowest BCUT2D eigenvalue weighted by molar-refractivity contribution is -0.122. The van der Waals surface area contributed by atoms with Crippen molar-refractivity contribution in [3.05, 3.63) is 28.2 Å². The van der Waals surface area contributed by atoms with Gasteiger partial charge in [-0.25, -0.2) is 0 Å². The highest BCUT2D eigenvalue weighted by Gasteiger charge is 2.40. The highest BCUT2D eigenvalue weighted by molar-refractivity contribution is 9.10. The van der Waals surface area contributed by atoms with Crippen molar-refractivity contribution in [2.24, 2.45) is 23.5 Å². The number of amides is 1. The Kier molecular flexibility index (Phi) is 4.88. The molecule has 1 aromatic rings. The first-order valence-electron chi connectivity index (χ1n) is 8.43. The van der Waals surface area contributed by atoms with Gasteiger partial charge in [-0.2, -0.15) is 0 Å². The first kappa shape index (κ1) is 16.0. The molecule has 0 spiro atoms. The van der Waals surface area contributed by atoms with E-state index in [1.54, 1.807) is 0 Å². The molecule has 0 saturated heterocycles. The summed E-state index contributed by atoms with van der Waals surface area (Å²) in [6.07, 6.45) is 6.50. The molecule has 3 N–H and O–H groups in total. The van der Waals surface area contributed by atoms with Crippen LogP contribution in [0.4, 0.5) is 5.69 Å². The summed E-state index contributed by atoms with van der Waals surface area (Å²) in [5.74, 6) is 1.39. The van der Waals surface area contributed by atoms with Crippen molar-refractivity contribution in [1.29, 1.82) is 0 Å². The standard InChI is InChI=1S/C18H25BrN2O/c1-2-11-10-15(19)6-7-16(11)21-18(22)14-8-12-4-3-5-13(9-14)17(12)20/h6-7,10,12-14,17H,2-5,8-9,20H2,1H3,(H,21,22). The summed E-state index contributed by atoms with van der Waals surface area (Å²) in [6.45, 7) is 2.11. The molecule has 0 aromatic heterocycles. The Morgan fingerprint density at radius 1 is 1.32 bits per heavy atom. The highest BCUT2D eigenvalue weighted by atomic mass is 79.9. The second-order valence-electron chi connectivity index (χ2n) is 6.84. The summed E-state index contributed by atoms with van der Waals surface area (Å²) < 4.78 is 1.06. The van der Waals surface area contributed by atoms with Crippen LogP contribution in [0.15, 0.2) is 22.7 Å². The number of carbonyl (C=O) groups excluding carboxylic acids is 1. The minimum absolute atomic E-state index is 0.128. The van der Waals surface area contributed by atoms with Gasteiger partial charge in [0.25, 0.3) is 0 Å². The Bertz CT molecular complexity index is 546. The summed E-state index contributed by atoms with van der Waals surface area (Å²) in [7, 11) is 0. The molecule has 22 heavy (non-hydrogen) atoms. The zero-order chi connectivity index (χ0) is 15.7. The molecule has 2 saturated carbocycles. The number of benzene rings is 1. The predicted octanol–water partition coefficient (Wildman–Crippen LogP) is 4.10. The predicted molar refractivity (Wildman–Crippen MR) is 93.7 cm³/mol. The van der Waals surface area contributed by atoms with Gasteiger partial charge in [0.15, 0.2) is 0 Å². The van der Waals surface area contributed by atoms with Gasteiger partial charge in [-0.05, 0) is 67.7 Å². The molecule has 2 aliphatic rings. The van der Waals surface area contributed by atoms with Crippen LogP contribution in [0, 0.1) is 17.8 Å². The molecule has 3 rings (SSSR count). The lowest BCUT2D eigenvalue weighted by Gasteiger charge is -2.43. The Hall–Kier alpha value is -0.870. The van der Waals surface area contributed by atoms with Gasteiger partial charge >= 0.3 is 0 Å². The Morgan fingerprint density at radius 2 is 2.00 bits per heavy atom. The molecule has 2 fully saturated rings. The number of anilines is 1. The van der Waals surface area contributed by atoms with E-state index in [2.05, 4.69) is 34.2 Å². The molecule has 4 heteroatoms. The monoisotopic (exact) mass is 364 g/mol. The molecule has 1 aromatic carbocycles. The number of halogens is 1. The molecule has 2 aliphatic carbocycles. The molecule has 0 aliphatic heterocycles. The average Bonchev–Trinajstić information content (AvgIpc) is 2.48. The van der Waals surface area contributed by atoms with Crippen molar-refractivity contribution in [3.8, 4) is 0 Å². The van der Waals surface area contributed by atoms with Gasteiger partial charge in [0.1, 0.15) is 0 Å². The van der Waals surface area contributed by atoms with Crippen LogP contribution in [0.3, 0.4) is 0 Å². The van der Waals surface area contributed by atoms with Crippen LogP contribution < -0.4 is 11.1 Å². The summed E-state index contributed by atoms with van der Waals surface area (Å²) >= 11 is 3.49. The molecule has 120 valence electrons. The maximum atomic E-state index is 12.7. The summed E-state index contributed by atoms with van der Waals surface area (Å²) in [4.78, 5) is 12.7. The number of hydrogen-bond acceptors (Lipinski definition) is 2. The van der Waals surface area contributed by atoms with Crippen LogP contribution in [0.1, 0.15) is 44.6 Å². The van der Waals surface area contributed by atoms with Gasteiger partial charge in [-0.15, -0.1) is 0 Å². The van der Waals surface area contributed by atoms with Crippen molar-refractivity contribution >= 4 is 27.5 Å². The number of rotatable bonds is 3. The van der Waals surface area contributed by atoms with E-state index in [0.717, 1.165) is 29.4 Å². The third kappa shape index (κ3) is 3.23. The number of nitrogens with two attached hydrogens (primary N) is 1. The zero-order valence-corrected chi connectivity index (χ0v) is 14.7. The fraction of sp³-hybridized carbons (Fsp3) is 0.611. The Morgan fingerprint density at radius 3 is 2.64 bits per heavy atom. The van der Waals surface area contributed by atoms with Gasteiger partial charge in [-0.3, -0.25) is 4.79 Å². The van der Waals surface area contributed by atoms with Gasteiger partial charge in [-0.1, -0.05) is 29.3 Å². The maximum absolute atomic E-state index is 12.7. The van der Waals surface area contributed by atoms with Crippen molar-refractivity contribution in [3.63, 3.8) is 0 Å². The Balaban J connectivity index is 1.70. The second kappa shape index (κ2) is 6.71. The third-order valence-corrected chi connectivity index (χ3v) is 5.98. The Labute approximate surface area is 141 Å². The van der Waals surface area contributed by atoms with Crippen molar-refractivity contribution in [2.75, 3.05) is 5.32 Å². The molecule has 2 atom stereocenters. The first-order chi connectivity index (χ1) is 10.6. The maximum Gasteiger partial charge on any atom is 0.227 e. The zero-order valence-electron chi connectivity index (χ0n) is 13.1. The number of hydrogen-bond donors (Lipinski definition) is 2. The average molecular weight is 365 g/mol. The number of aryl methyl sites for hydroxylation is 1. The summed E-state index contributed by atoms with van der Waals surface area (Å²) in [6, 6.07) is 6.38. The second-order valence-corrected chi connectivity index (χ2v) is 7.76. The van der Waals surface area contributed by atoms with Gasteiger partial charge in [0.05, 0.1) is 0 Å². The van der Waals surface area contributed by atoms with Crippen LogP contribution in [0.25, 0.3) is 0 Å². The lowest BCUT2D eigenvalue weighted by Crippen LogP contribution is -2.48. The third-order valence-electron chi connectivity index (χ3n) is 5.49. The molecular formula is C18H25BrN2O. The number of nitrogens with one attached hydrogen (secondary N) is 1. The molecule has 2 unspecified atom stereocenters. The fourth-order valence-corrected chi connectivity index (χ4v) is 4.62. The van der Waals surface area contributed by atoms with E-state index in [1.807, 2.05) is 12.1 Å². The largest absolute Gasteiger partial charge is 0.327 e. The van der Waals surface area contributed by atoms with Crippen LogP contribution in [0.2, 0.25) is 0 Å². The summed E-state index contributed by atoms with van der Waals surface area (Å²) in [5.41, 5.74) is 8.46. The van der Waals surface area contributed by atoms with Crippen LogP contribution >= 0.6 is 15.9 Å². The minimum Gasteiger partial charge on any atom is -0.327 e. The van der Waals surface area contributed by atoms with E-state index in [0.29, 0.717) is 17.9 Å². The van der Waals surface area contributed by atoms with E-state index < -0.39 is 0 Å². The van der Waals surface area contributed by atoms with Crippen molar-refractivity contribution < 1.29 is 4.79 Å². The topological polar surface area (TPSA) is 55.1 Å². The van der Waals surface area contributed by atoms with E-state index in [-0.39, 0.29) is 11.8 Å². The van der Waals surface area contributed by atoms with Crippen molar-refractivity contribution in [1.82, 2.24) is 0 Å². The molecule has 2 bridgehead atoms.